The first-order valence-electron chi connectivity index (χ1n) is 5.04. The summed E-state index contributed by atoms with van der Waals surface area (Å²) in [7, 11) is 1.66. The molecule has 0 spiro atoms. The molecule has 0 bridgehead atoms. The fraction of sp³-hybridized carbons (Fsp3) is 0.231. The zero-order valence-electron chi connectivity index (χ0n) is 9.24. The van der Waals surface area contributed by atoms with Crippen molar-refractivity contribution < 1.29 is 9.15 Å². The number of benzene rings is 1. The van der Waals surface area contributed by atoms with Crippen molar-refractivity contribution in [2.24, 2.45) is 0 Å². The number of furan rings is 1. The molecular formula is C13H13ClO2. The maximum absolute atomic E-state index is 6.31. The van der Waals surface area contributed by atoms with Crippen LogP contribution < -0.4 is 4.74 Å². The minimum Gasteiger partial charge on any atom is -0.496 e. The van der Waals surface area contributed by atoms with Crippen molar-refractivity contribution in [2.75, 3.05) is 7.11 Å². The maximum atomic E-state index is 6.31. The predicted octanol–water partition coefficient (Wildman–Crippen LogP) is 3.92. The SMILES string of the molecule is COc1ccc(C(Cl)c2ccco2)cc1C. The molecule has 0 aliphatic rings. The fourth-order valence-corrected chi connectivity index (χ4v) is 1.92. The van der Waals surface area contributed by atoms with Crippen LogP contribution in [0.2, 0.25) is 0 Å². The molecule has 0 saturated carbocycles. The summed E-state index contributed by atoms with van der Waals surface area (Å²) in [6.45, 7) is 1.99. The molecule has 1 heterocycles. The molecule has 0 saturated heterocycles. The Morgan fingerprint density at radius 3 is 2.69 bits per heavy atom. The Bertz CT molecular complexity index is 463. The molecular weight excluding hydrogens is 224 g/mol. The van der Waals surface area contributed by atoms with Gasteiger partial charge in [0.1, 0.15) is 16.9 Å². The van der Waals surface area contributed by atoms with Gasteiger partial charge >= 0.3 is 0 Å². The molecule has 84 valence electrons. The predicted molar refractivity (Wildman–Crippen MR) is 64.1 cm³/mol. The second kappa shape index (κ2) is 4.62. The normalized spacial score (nSPS) is 12.4. The van der Waals surface area contributed by atoms with Crippen LogP contribution in [0.1, 0.15) is 22.3 Å². The molecule has 0 fully saturated rings. The fourth-order valence-electron chi connectivity index (χ4n) is 1.66. The van der Waals surface area contributed by atoms with Gasteiger partial charge in [0.25, 0.3) is 0 Å². The van der Waals surface area contributed by atoms with Crippen LogP contribution in [0.4, 0.5) is 0 Å². The van der Waals surface area contributed by atoms with Gasteiger partial charge in [-0.3, -0.25) is 0 Å². The van der Waals surface area contributed by atoms with E-state index in [4.69, 9.17) is 20.8 Å². The van der Waals surface area contributed by atoms with E-state index < -0.39 is 0 Å². The van der Waals surface area contributed by atoms with Crippen molar-refractivity contribution in [3.8, 4) is 5.75 Å². The Kier molecular flexibility index (Phi) is 3.20. The van der Waals surface area contributed by atoms with Crippen LogP contribution in [-0.2, 0) is 0 Å². The summed E-state index contributed by atoms with van der Waals surface area (Å²) < 4.78 is 10.5. The molecule has 0 radical (unpaired) electrons. The van der Waals surface area contributed by atoms with Gasteiger partial charge in [-0.05, 0) is 36.2 Å². The van der Waals surface area contributed by atoms with E-state index in [1.54, 1.807) is 13.4 Å². The van der Waals surface area contributed by atoms with Crippen LogP contribution in [0.3, 0.4) is 0 Å². The van der Waals surface area contributed by atoms with Crippen LogP contribution in [0, 0.1) is 6.92 Å². The summed E-state index contributed by atoms with van der Waals surface area (Å²) in [5, 5.41) is -0.250. The van der Waals surface area contributed by atoms with E-state index >= 15 is 0 Å². The first kappa shape index (κ1) is 11.1. The van der Waals surface area contributed by atoms with Gasteiger partial charge in [-0.25, -0.2) is 0 Å². The third kappa shape index (κ3) is 2.07. The van der Waals surface area contributed by atoms with Gasteiger partial charge in [-0.15, -0.1) is 11.6 Å². The van der Waals surface area contributed by atoms with Crippen molar-refractivity contribution in [2.45, 2.75) is 12.3 Å². The Labute approximate surface area is 99.8 Å². The lowest BCUT2D eigenvalue weighted by Crippen LogP contribution is -1.94. The Balaban J connectivity index is 2.31. The second-order valence-electron chi connectivity index (χ2n) is 3.61. The molecule has 0 amide bonds. The minimum absolute atomic E-state index is 0.250. The highest BCUT2D eigenvalue weighted by atomic mass is 35.5. The van der Waals surface area contributed by atoms with Crippen molar-refractivity contribution in [3.63, 3.8) is 0 Å². The smallest absolute Gasteiger partial charge is 0.126 e. The van der Waals surface area contributed by atoms with Crippen LogP contribution >= 0.6 is 11.6 Å². The number of aryl methyl sites for hydroxylation is 1. The number of alkyl halides is 1. The van der Waals surface area contributed by atoms with Gasteiger partial charge in [0, 0.05) is 0 Å². The largest absolute Gasteiger partial charge is 0.496 e. The van der Waals surface area contributed by atoms with Crippen LogP contribution in [0.15, 0.2) is 41.0 Å². The van der Waals surface area contributed by atoms with Crippen molar-refractivity contribution in [1.82, 2.24) is 0 Å². The molecule has 0 aliphatic heterocycles. The number of hydrogen-bond donors (Lipinski definition) is 0. The van der Waals surface area contributed by atoms with Gasteiger partial charge in [0.05, 0.1) is 13.4 Å². The van der Waals surface area contributed by atoms with Gasteiger partial charge in [0.2, 0.25) is 0 Å². The van der Waals surface area contributed by atoms with Gasteiger partial charge < -0.3 is 9.15 Å². The average Bonchev–Trinajstić information content (AvgIpc) is 2.81. The van der Waals surface area contributed by atoms with Crippen LogP contribution in [0.5, 0.6) is 5.75 Å². The minimum atomic E-state index is -0.250. The lowest BCUT2D eigenvalue weighted by atomic mass is 10.1. The maximum Gasteiger partial charge on any atom is 0.126 e. The molecule has 2 aromatic rings. The third-order valence-corrected chi connectivity index (χ3v) is 2.97. The summed E-state index contributed by atoms with van der Waals surface area (Å²) >= 11 is 6.31. The molecule has 1 atom stereocenters. The number of hydrogen-bond acceptors (Lipinski definition) is 2. The summed E-state index contributed by atoms with van der Waals surface area (Å²) in [5.74, 6) is 1.62. The molecule has 2 rings (SSSR count). The lowest BCUT2D eigenvalue weighted by molar-refractivity contribution is 0.411. The van der Waals surface area contributed by atoms with E-state index in [0.717, 1.165) is 22.6 Å². The molecule has 2 nitrogen and oxygen atoms in total. The molecule has 1 unspecified atom stereocenters. The molecule has 3 heteroatoms. The van der Waals surface area contributed by atoms with Crippen molar-refractivity contribution >= 4 is 11.6 Å². The highest BCUT2D eigenvalue weighted by molar-refractivity contribution is 6.22. The summed E-state index contributed by atoms with van der Waals surface area (Å²) in [4.78, 5) is 0. The Morgan fingerprint density at radius 2 is 2.12 bits per heavy atom. The van der Waals surface area contributed by atoms with E-state index in [9.17, 15) is 0 Å². The number of halogens is 1. The van der Waals surface area contributed by atoms with E-state index in [1.165, 1.54) is 0 Å². The average molecular weight is 237 g/mol. The Hall–Kier alpha value is -1.41. The zero-order chi connectivity index (χ0) is 11.5. The van der Waals surface area contributed by atoms with E-state index in [-0.39, 0.29) is 5.38 Å². The quantitative estimate of drug-likeness (QED) is 0.754. The highest BCUT2D eigenvalue weighted by Gasteiger charge is 2.14. The number of ether oxygens (including phenoxy) is 1. The van der Waals surface area contributed by atoms with Gasteiger partial charge in [-0.1, -0.05) is 12.1 Å². The number of rotatable bonds is 3. The Morgan fingerprint density at radius 1 is 1.31 bits per heavy atom. The van der Waals surface area contributed by atoms with Gasteiger partial charge in [-0.2, -0.15) is 0 Å². The summed E-state index contributed by atoms with van der Waals surface area (Å²) in [5.41, 5.74) is 2.08. The third-order valence-electron chi connectivity index (χ3n) is 2.50. The summed E-state index contributed by atoms with van der Waals surface area (Å²) in [6.07, 6.45) is 1.63. The van der Waals surface area contributed by atoms with Gasteiger partial charge in [0.15, 0.2) is 0 Å². The van der Waals surface area contributed by atoms with Crippen LogP contribution in [-0.4, -0.2) is 7.11 Å². The lowest BCUT2D eigenvalue weighted by Gasteiger charge is -2.10. The standard InChI is InChI=1S/C13H13ClO2/c1-9-8-10(5-6-11(9)15-2)13(14)12-4-3-7-16-12/h3-8,13H,1-2H3. The molecule has 0 aliphatic carbocycles. The second-order valence-corrected chi connectivity index (χ2v) is 4.04. The monoisotopic (exact) mass is 236 g/mol. The number of methoxy groups -OCH3 is 1. The van der Waals surface area contributed by atoms with E-state index in [0.29, 0.717) is 0 Å². The van der Waals surface area contributed by atoms with Crippen molar-refractivity contribution in [1.29, 1.82) is 0 Å². The molecule has 0 N–H and O–H groups in total. The molecule has 1 aromatic carbocycles. The highest BCUT2D eigenvalue weighted by Crippen LogP contribution is 2.31. The summed E-state index contributed by atoms with van der Waals surface area (Å²) in [6, 6.07) is 9.59. The zero-order valence-corrected chi connectivity index (χ0v) is 9.99. The van der Waals surface area contributed by atoms with Crippen LogP contribution in [0.25, 0.3) is 0 Å². The molecule has 16 heavy (non-hydrogen) atoms. The van der Waals surface area contributed by atoms with E-state index in [1.807, 2.05) is 37.3 Å². The topological polar surface area (TPSA) is 22.4 Å². The van der Waals surface area contributed by atoms with E-state index in [2.05, 4.69) is 0 Å². The molecule has 1 aromatic heterocycles. The first-order valence-corrected chi connectivity index (χ1v) is 5.48. The van der Waals surface area contributed by atoms with Crippen molar-refractivity contribution in [3.05, 3.63) is 53.5 Å². The first-order chi connectivity index (χ1) is 7.72.